The van der Waals surface area contributed by atoms with Gasteiger partial charge in [-0.3, -0.25) is 0 Å². The number of allylic oxidation sites excluding steroid dienone is 2. The van der Waals surface area contributed by atoms with Crippen molar-refractivity contribution in [2.75, 3.05) is 0 Å². The molecule has 0 bridgehead atoms. The molecule has 3 rings (SSSR count). The Morgan fingerprint density at radius 3 is 1.35 bits per heavy atom. The van der Waals surface area contributed by atoms with Gasteiger partial charge in [0, 0.05) is 0 Å². The van der Waals surface area contributed by atoms with Crippen molar-refractivity contribution in [2.24, 2.45) is 11.8 Å². The molecule has 0 fully saturated rings. The van der Waals surface area contributed by atoms with Crippen LogP contribution < -0.4 is 0 Å². The SMILES string of the molecule is C1=CCCCCCC1.CC(Cc1ccccc1)C(C)Cc1ccccc1. The Balaban J connectivity index is 0.000000254. The molecule has 2 atom stereocenters. The maximum Gasteiger partial charge on any atom is -0.0250 e. The second-order valence-electron chi connectivity index (χ2n) is 7.80. The fourth-order valence-electron chi connectivity index (χ4n) is 3.49. The summed E-state index contributed by atoms with van der Waals surface area (Å²) in [4.78, 5) is 0. The van der Waals surface area contributed by atoms with E-state index in [9.17, 15) is 0 Å². The third-order valence-corrected chi connectivity index (χ3v) is 5.43. The third kappa shape index (κ3) is 8.52. The largest absolute Gasteiger partial charge is 0.0885 e. The van der Waals surface area contributed by atoms with Crippen molar-refractivity contribution < 1.29 is 0 Å². The van der Waals surface area contributed by atoms with Crippen LogP contribution in [0.3, 0.4) is 0 Å². The summed E-state index contributed by atoms with van der Waals surface area (Å²) in [7, 11) is 0. The van der Waals surface area contributed by atoms with E-state index in [0.29, 0.717) is 11.8 Å². The highest BCUT2D eigenvalue weighted by Crippen LogP contribution is 2.21. The molecule has 26 heavy (non-hydrogen) atoms. The van der Waals surface area contributed by atoms with Crippen molar-refractivity contribution in [1.82, 2.24) is 0 Å². The highest BCUT2D eigenvalue weighted by Gasteiger charge is 2.13. The summed E-state index contributed by atoms with van der Waals surface area (Å²) >= 11 is 0. The molecule has 2 aromatic carbocycles. The first kappa shape index (κ1) is 20.5. The molecule has 0 saturated carbocycles. The van der Waals surface area contributed by atoms with E-state index in [1.54, 1.807) is 0 Å². The highest BCUT2D eigenvalue weighted by molar-refractivity contribution is 5.17. The van der Waals surface area contributed by atoms with Crippen molar-refractivity contribution in [2.45, 2.75) is 65.2 Å². The minimum atomic E-state index is 0.715. The molecule has 0 spiro atoms. The molecular weight excluding hydrogens is 312 g/mol. The summed E-state index contributed by atoms with van der Waals surface area (Å²) in [5.41, 5.74) is 2.90. The first-order chi connectivity index (χ1) is 12.8. The van der Waals surface area contributed by atoms with Crippen LogP contribution in [0.1, 0.15) is 63.5 Å². The van der Waals surface area contributed by atoms with Crippen LogP contribution in [0, 0.1) is 11.8 Å². The molecule has 0 radical (unpaired) electrons. The third-order valence-electron chi connectivity index (χ3n) is 5.43. The molecular formula is C26H36. The van der Waals surface area contributed by atoms with Gasteiger partial charge in [0.25, 0.3) is 0 Å². The fourth-order valence-corrected chi connectivity index (χ4v) is 3.49. The molecule has 0 nitrogen and oxygen atoms in total. The normalized spacial score (nSPS) is 16.5. The van der Waals surface area contributed by atoms with Crippen LogP contribution in [-0.4, -0.2) is 0 Å². The first-order valence-corrected chi connectivity index (χ1v) is 10.5. The molecule has 0 aromatic heterocycles. The monoisotopic (exact) mass is 348 g/mol. The van der Waals surface area contributed by atoms with E-state index in [1.165, 1.54) is 62.5 Å². The predicted octanol–water partition coefficient (Wildman–Crippen LogP) is 7.64. The average molecular weight is 349 g/mol. The second kappa shape index (κ2) is 12.5. The van der Waals surface area contributed by atoms with E-state index < -0.39 is 0 Å². The molecule has 2 aromatic rings. The van der Waals surface area contributed by atoms with E-state index in [1.807, 2.05) is 0 Å². The van der Waals surface area contributed by atoms with Gasteiger partial charge in [-0.25, -0.2) is 0 Å². The molecule has 1 aliphatic rings. The average Bonchev–Trinajstić information content (AvgIpc) is 2.63. The lowest BCUT2D eigenvalue weighted by molar-refractivity contribution is 0.383. The van der Waals surface area contributed by atoms with Crippen molar-refractivity contribution in [3.63, 3.8) is 0 Å². The molecule has 0 amide bonds. The molecule has 1 aliphatic carbocycles. The lowest BCUT2D eigenvalue weighted by Crippen LogP contribution is -2.13. The summed E-state index contributed by atoms with van der Waals surface area (Å²) in [6, 6.07) is 21.6. The number of hydrogen-bond acceptors (Lipinski definition) is 0. The number of hydrogen-bond donors (Lipinski definition) is 0. The van der Waals surface area contributed by atoms with Crippen LogP contribution in [0.2, 0.25) is 0 Å². The van der Waals surface area contributed by atoms with Crippen molar-refractivity contribution in [3.05, 3.63) is 83.9 Å². The molecule has 140 valence electrons. The van der Waals surface area contributed by atoms with Gasteiger partial charge in [-0.05, 0) is 61.5 Å². The first-order valence-electron chi connectivity index (χ1n) is 10.5. The quantitative estimate of drug-likeness (QED) is 0.487. The molecule has 0 aliphatic heterocycles. The van der Waals surface area contributed by atoms with Gasteiger partial charge in [-0.1, -0.05) is 99.5 Å². The van der Waals surface area contributed by atoms with Gasteiger partial charge in [0.15, 0.2) is 0 Å². The minimum Gasteiger partial charge on any atom is -0.0885 e. The highest BCUT2D eigenvalue weighted by atomic mass is 14.2. The van der Waals surface area contributed by atoms with Crippen LogP contribution in [0.25, 0.3) is 0 Å². The van der Waals surface area contributed by atoms with E-state index in [0.717, 1.165) is 0 Å². The Labute approximate surface area is 161 Å². The van der Waals surface area contributed by atoms with E-state index in [-0.39, 0.29) is 0 Å². The maximum absolute atomic E-state index is 2.36. The van der Waals surface area contributed by atoms with Gasteiger partial charge in [0.2, 0.25) is 0 Å². The van der Waals surface area contributed by atoms with E-state index >= 15 is 0 Å². The lowest BCUT2D eigenvalue weighted by atomic mass is 9.85. The van der Waals surface area contributed by atoms with Gasteiger partial charge in [0.05, 0.1) is 0 Å². The standard InChI is InChI=1S/C18H22.C8H14/c1-15(13-17-9-5-3-6-10-17)16(2)14-18-11-7-4-8-12-18;1-2-4-6-8-7-5-3-1/h3-12,15-16H,13-14H2,1-2H3;1-2H,3-8H2. The Hall–Kier alpha value is -1.82. The zero-order chi connectivity index (χ0) is 18.5. The Morgan fingerprint density at radius 1 is 0.577 bits per heavy atom. The fraction of sp³-hybridized carbons (Fsp3) is 0.462. The van der Waals surface area contributed by atoms with Crippen molar-refractivity contribution >= 4 is 0 Å². The predicted molar refractivity (Wildman–Crippen MR) is 115 cm³/mol. The topological polar surface area (TPSA) is 0 Å². The van der Waals surface area contributed by atoms with Crippen molar-refractivity contribution in [3.8, 4) is 0 Å². The Morgan fingerprint density at radius 2 is 0.962 bits per heavy atom. The molecule has 0 saturated heterocycles. The summed E-state index contributed by atoms with van der Waals surface area (Å²) in [6.45, 7) is 4.72. The number of benzene rings is 2. The molecule has 0 heteroatoms. The second-order valence-corrected chi connectivity index (χ2v) is 7.80. The van der Waals surface area contributed by atoms with Crippen LogP contribution in [0.15, 0.2) is 72.8 Å². The van der Waals surface area contributed by atoms with E-state index in [2.05, 4.69) is 86.7 Å². The van der Waals surface area contributed by atoms with Gasteiger partial charge >= 0.3 is 0 Å². The lowest BCUT2D eigenvalue weighted by Gasteiger charge is -2.20. The summed E-state index contributed by atoms with van der Waals surface area (Å²) in [5, 5.41) is 0. The van der Waals surface area contributed by atoms with Crippen molar-refractivity contribution in [1.29, 1.82) is 0 Å². The minimum absolute atomic E-state index is 0.715. The maximum atomic E-state index is 2.36. The Kier molecular flexibility index (Phi) is 9.87. The Bertz CT molecular complexity index is 541. The zero-order valence-corrected chi connectivity index (χ0v) is 16.7. The van der Waals surface area contributed by atoms with Crippen LogP contribution in [-0.2, 0) is 12.8 Å². The summed E-state index contributed by atoms with van der Waals surface area (Å²) in [5.74, 6) is 1.43. The number of rotatable bonds is 5. The summed E-state index contributed by atoms with van der Waals surface area (Å²) < 4.78 is 0. The van der Waals surface area contributed by atoms with Crippen LogP contribution in [0.5, 0.6) is 0 Å². The molecule has 2 unspecified atom stereocenters. The molecule has 0 heterocycles. The van der Waals surface area contributed by atoms with Gasteiger partial charge in [-0.15, -0.1) is 0 Å². The van der Waals surface area contributed by atoms with E-state index in [4.69, 9.17) is 0 Å². The van der Waals surface area contributed by atoms with Gasteiger partial charge < -0.3 is 0 Å². The summed E-state index contributed by atoms with van der Waals surface area (Å²) in [6.07, 6.45) is 15.4. The van der Waals surface area contributed by atoms with Gasteiger partial charge in [0.1, 0.15) is 0 Å². The van der Waals surface area contributed by atoms with Gasteiger partial charge in [-0.2, -0.15) is 0 Å². The van der Waals surface area contributed by atoms with Crippen LogP contribution >= 0.6 is 0 Å². The molecule has 0 N–H and O–H groups in total. The smallest absolute Gasteiger partial charge is 0.0250 e. The zero-order valence-electron chi connectivity index (χ0n) is 16.7. The van der Waals surface area contributed by atoms with Crippen LogP contribution in [0.4, 0.5) is 0 Å².